The number of anilines is 1. The molecule has 1 saturated heterocycles. The molecule has 1 aliphatic rings. The van der Waals surface area contributed by atoms with E-state index in [2.05, 4.69) is 15.5 Å². The highest BCUT2D eigenvalue weighted by atomic mass is 16.5. The molecular weight excluding hydrogens is 324 g/mol. The molecule has 2 aromatic rings. The van der Waals surface area contributed by atoms with Crippen LogP contribution in [0.4, 0.5) is 10.5 Å². The molecule has 0 spiro atoms. The summed E-state index contributed by atoms with van der Waals surface area (Å²) >= 11 is 0. The predicted octanol–water partition coefficient (Wildman–Crippen LogP) is 2.24. The first kappa shape index (κ1) is 16.9. The van der Waals surface area contributed by atoms with Gasteiger partial charge in [-0.3, -0.25) is 4.79 Å². The van der Waals surface area contributed by atoms with Gasteiger partial charge in [0.05, 0.1) is 7.11 Å². The lowest BCUT2D eigenvalue weighted by atomic mass is 10.1. The number of benzene rings is 1. The van der Waals surface area contributed by atoms with Crippen LogP contribution in [-0.2, 0) is 16.0 Å². The maximum atomic E-state index is 11.5. The van der Waals surface area contributed by atoms with Crippen molar-refractivity contribution in [2.24, 2.45) is 5.92 Å². The lowest BCUT2D eigenvalue weighted by Gasteiger charge is -2.13. The Balaban J connectivity index is 1.68. The maximum absolute atomic E-state index is 11.5. The second kappa shape index (κ2) is 7.33. The topological polar surface area (TPSA) is 97.6 Å². The van der Waals surface area contributed by atoms with E-state index in [4.69, 9.17) is 9.26 Å². The van der Waals surface area contributed by atoms with Gasteiger partial charge >= 0.3 is 6.09 Å². The predicted molar refractivity (Wildman–Crippen MR) is 89.9 cm³/mol. The molecule has 1 aromatic carbocycles. The third-order valence-electron chi connectivity index (χ3n) is 4.36. The second-order valence-electron chi connectivity index (χ2n) is 6.08. The average molecular weight is 344 g/mol. The summed E-state index contributed by atoms with van der Waals surface area (Å²) in [7, 11) is 1.38. The lowest BCUT2D eigenvalue weighted by molar-refractivity contribution is -0.105. The third-order valence-corrected chi connectivity index (χ3v) is 4.36. The molecule has 1 unspecified atom stereocenters. The molecule has 0 radical (unpaired) electrons. The minimum atomic E-state index is -0.302. The number of carbonyl (C=O) groups is 2. The Morgan fingerprint density at radius 1 is 1.52 bits per heavy atom. The Bertz CT molecular complexity index is 774. The first-order valence-corrected chi connectivity index (χ1v) is 8.07. The number of rotatable bonds is 5. The minimum absolute atomic E-state index is 0.276. The van der Waals surface area contributed by atoms with Crippen molar-refractivity contribution in [1.82, 2.24) is 15.0 Å². The van der Waals surface area contributed by atoms with E-state index >= 15 is 0 Å². The van der Waals surface area contributed by atoms with Crippen LogP contribution < -0.4 is 5.32 Å². The van der Waals surface area contributed by atoms with E-state index < -0.39 is 0 Å². The summed E-state index contributed by atoms with van der Waals surface area (Å²) in [5.74, 6) is 1.29. The fourth-order valence-corrected chi connectivity index (χ4v) is 2.98. The molecule has 0 saturated carbocycles. The van der Waals surface area contributed by atoms with Crippen molar-refractivity contribution >= 4 is 18.2 Å². The van der Waals surface area contributed by atoms with Crippen LogP contribution in [0.3, 0.4) is 0 Å². The number of ether oxygens (including phenoxy) is 1. The van der Waals surface area contributed by atoms with Crippen LogP contribution in [0.1, 0.15) is 17.9 Å². The number of hydrogen-bond donors (Lipinski definition) is 1. The van der Waals surface area contributed by atoms with E-state index in [1.54, 1.807) is 4.90 Å². The molecule has 0 bridgehead atoms. The number of nitrogens with zero attached hydrogens (tertiary/aromatic N) is 3. The van der Waals surface area contributed by atoms with Gasteiger partial charge in [0, 0.05) is 30.8 Å². The summed E-state index contributed by atoms with van der Waals surface area (Å²) in [6.07, 6.45) is 1.83. The molecule has 1 N–H and O–H groups in total. The van der Waals surface area contributed by atoms with Crippen LogP contribution in [-0.4, -0.2) is 47.7 Å². The van der Waals surface area contributed by atoms with E-state index in [-0.39, 0.29) is 12.0 Å². The summed E-state index contributed by atoms with van der Waals surface area (Å²) in [5, 5.41) is 6.68. The molecular formula is C17H20N4O4. The normalized spacial score (nSPS) is 16.7. The van der Waals surface area contributed by atoms with Crippen LogP contribution in [0.25, 0.3) is 11.4 Å². The summed E-state index contributed by atoms with van der Waals surface area (Å²) in [4.78, 5) is 28.3. The fraction of sp³-hybridized carbons (Fsp3) is 0.412. The highest BCUT2D eigenvalue weighted by Crippen LogP contribution is 2.25. The molecule has 1 fully saturated rings. The highest BCUT2D eigenvalue weighted by Gasteiger charge is 2.28. The van der Waals surface area contributed by atoms with E-state index in [0.717, 1.165) is 17.5 Å². The Kier molecular flexibility index (Phi) is 4.97. The molecule has 3 rings (SSSR count). The summed E-state index contributed by atoms with van der Waals surface area (Å²) in [6.45, 7) is 3.21. The number of likely N-dealkylation sites (tertiary alicyclic amines) is 1. The molecule has 1 aliphatic heterocycles. The second-order valence-corrected chi connectivity index (χ2v) is 6.08. The van der Waals surface area contributed by atoms with Gasteiger partial charge in [-0.05, 0) is 30.9 Å². The van der Waals surface area contributed by atoms with E-state index in [1.165, 1.54) is 7.11 Å². The standard InChI is InChI=1S/C17H20N4O4/c1-11-3-4-13(8-14(11)18-10-22)16-19-15(25-20-16)7-12-5-6-21(9-12)17(23)24-2/h3-4,8,10,12H,5-7,9H2,1-2H3,(H,18,22). The summed E-state index contributed by atoms with van der Waals surface area (Å²) in [5.41, 5.74) is 2.43. The third kappa shape index (κ3) is 3.78. The van der Waals surface area contributed by atoms with Crippen molar-refractivity contribution in [2.75, 3.05) is 25.5 Å². The number of carbonyl (C=O) groups excluding carboxylic acids is 2. The molecule has 132 valence electrons. The van der Waals surface area contributed by atoms with Gasteiger partial charge in [0.15, 0.2) is 0 Å². The zero-order valence-electron chi connectivity index (χ0n) is 14.2. The van der Waals surface area contributed by atoms with Gasteiger partial charge < -0.3 is 19.5 Å². The van der Waals surface area contributed by atoms with Gasteiger partial charge in [0.1, 0.15) is 0 Å². The van der Waals surface area contributed by atoms with Crippen molar-refractivity contribution < 1.29 is 18.8 Å². The van der Waals surface area contributed by atoms with Crippen LogP contribution in [0.2, 0.25) is 0 Å². The van der Waals surface area contributed by atoms with Crippen molar-refractivity contribution in [3.63, 3.8) is 0 Å². The maximum Gasteiger partial charge on any atom is 0.409 e. The quantitative estimate of drug-likeness (QED) is 0.836. The average Bonchev–Trinajstić information content (AvgIpc) is 3.26. The number of amides is 2. The largest absolute Gasteiger partial charge is 0.453 e. The molecule has 2 heterocycles. The Morgan fingerprint density at radius 3 is 3.12 bits per heavy atom. The van der Waals surface area contributed by atoms with Crippen molar-refractivity contribution in [1.29, 1.82) is 0 Å². The molecule has 1 atom stereocenters. The van der Waals surface area contributed by atoms with E-state index in [9.17, 15) is 9.59 Å². The number of aryl methyl sites for hydroxylation is 1. The number of aromatic nitrogens is 2. The van der Waals surface area contributed by atoms with Gasteiger partial charge in [-0.2, -0.15) is 4.98 Å². The van der Waals surface area contributed by atoms with Gasteiger partial charge in [0.25, 0.3) is 0 Å². The Hall–Kier alpha value is -2.90. The zero-order valence-corrected chi connectivity index (χ0v) is 14.2. The van der Waals surface area contributed by atoms with Crippen molar-refractivity contribution in [2.45, 2.75) is 19.8 Å². The minimum Gasteiger partial charge on any atom is -0.453 e. The van der Waals surface area contributed by atoms with Gasteiger partial charge in [-0.15, -0.1) is 0 Å². The van der Waals surface area contributed by atoms with Crippen LogP contribution in [0.5, 0.6) is 0 Å². The monoisotopic (exact) mass is 344 g/mol. The SMILES string of the molecule is COC(=O)N1CCC(Cc2nc(-c3ccc(C)c(NC=O)c3)no2)C1. The molecule has 25 heavy (non-hydrogen) atoms. The van der Waals surface area contributed by atoms with Crippen LogP contribution in [0, 0.1) is 12.8 Å². The van der Waals surface area contributed by atoms with E-state index in [1.807, 2.05) is 25.1 Å². The summed E-state index contributed by atoms with van der Waals surface area (Å²) < 4.78 is 10.1. The molecule has 8 nitrogen and oxygen atoms in total. The molecule has 0 aliphatic carbocycles. The number of methoxy groups -OCH3 is 1. The molecule has 8 heteroatoms. The Labute approximate surface area is 145 Å². The van der Waals surface area contributed by atoms with E-state index in [0.29, 0.717) is 43.3 Å². The number of nitrogens with one attached hydrogen (secondary N) is 1. The zero-order chi connectivity index (χ0) is 17.8. The van der Waals surface area contributed by atoms with Crippen molar-refractivity contribution in [3.8, 4) is 11.4 Å². The highest BCUT2D eigenvalue weighted by molar-refractivity contribution is 5.76. The molecule has 2 amide bonds. The van der Waals surface area contributed by atoms with Gasteiger partial charge in [-0.1, -0.05) is 17.3 Å². The smallest absolute Gasteiger partial charge is 0.409 e. The Morgan fingerprint density at radius 2 is 2.36 bits per heavy atom. The van der Waals surface area contributed by atoms with Crippen molar-refractivity contribution in [3.05, 3.63) is 29.7 Å². The van der Waals surface area contributed by atoms with Crippen LogP contribution >= 0.6 is 0 Å². The summed E-state index contributed by atoms with van der Waals surface area (Å²) in [6, 6.07) is 5.59. The van der Waals surface area contributed by atoms with Gasteiger partial charge in [-0.25, -0.2) is 4.79 Å². The lowest BCUT2D eigenvalue weighted by Crippen LogP contribution is -2.28. The van der Waals surface area contributed by atoms with Crippen LogP contribution in [0.15, 0.2) is 22.7 Å². The van der Waals surface area contributed by atoms with Gasteiger partial charge in [0.2, 0.25) is 18.1 Å². The molecule has 1 aromatic heterocycles. The fourth-order valence-electron chi connectivity index (χ4n) is 2.98. The first-order valence-electron chi connectivity index (χ1n) is 8.07. The number of hydrogen-bond acceptors (Lipinski definition) is 6. The first-order chi connectivity index (χ1) is 12.1.